The Balaban J connectivity index is 1.44. The van der Waals surface area contributed by atoms with Crippen molar-refractivity contribution in [1.82, 2.24) is 29.9 Å². The molecule has 0 radical (unpaired) electrons. The molecule has 2 aromatic carbocycles. The predicted octanol–water partition coefficient (Wildman–Crippen LogP) is 4.83. The van der Waals surface area contributed by atoms with Crippen LogP contribution >= 0.6 is 11.8 Å². The fourth-order valence-electron chi connectivity index (χ4n) is 3.41. The number of benzene rings is 2. The summed E-state index contributed by atoms with van der Waals surface area (Å²) < 4.78 is 31.6. The highest BCUT2D eigenvalue weighted by molar-refractivity contribution is 7.98. The van der Waals surface area contributed by atoms with Gasteiger partial charge >= 0.3 is 0 Å². The molecule has 0 bridgehead atoms. The molecule has 0 saturated carbocycles. The summed E-state index contributed by atoms with van der Waals surface area (Å²) in [5.74, 6) is 2.65. The molecule has 9 nitrogen and oxygen atoms in total. The molecule has 0 unspecified atom stereocenters. The molecule has 5 rings (SSSR count). The minimum Gasteiger partial charge on any atom is -0.497 e. The molecule has 176 valence electrons. The van der Waals surface area contributed by atoms with Crippen LogP contribution in [0.5, 0.6) is 11.5 Å². The lowest BCUT2D eigenvalue weighted by molar-refractivity contribution is 0.389. The van der Waals surface area contributed by atoms with Crippen molar-refractivity contribution in [3.05, 3.63) is 78.7 Å². The van der Waals surface area contributed by atoms with E-state index in [1.165, 1.54) is 23.9 Å². The van der Waals surface area contributed by atoms with Gasteiger partial charge in [-0.3, -0.25) is 9.55 Å². The number of hydrogen-bond acceptors (Lipinski definition) is 9. The van der Waals surface area contributed by atoms with Gasteiger partial charge in [0.05, 0.1) is 25.5 Å². The molecule has 5 aromatic rings. The van der Waals surface area contributed by atoms with Crippen molar-refractivity contribution in [2.75, 3.05) is 14.2 Å². The zero-order chi connectivity index (χ0) is 24.2. The summed E-state index contributed by atoms with van der Waals surface area (Å²) in [5.41, 5.74) is 2.20. The second kappa shape index (κ2) is 9.94. The van der Waals surface area contributed by atoms with Crippen molar-refractivity contribution in [3.8, 4) is 40.0 Å². The van der Waals surface area contributed by atoms with Crippen LogP contribution in [-0.2, 0) is 5.75 Å². The average Bonchev–Trinajstić information content (AvgIpc) is 3.55. The van der Waals surface area contributed by atoms with Crippen molar-refractivity contribution >= 4 is 11.8 Å². The SMILES string of the molecule is COc1ccc(OC)c(-c2noc(CSc3nnc(-c4ccncc4)n3-c3ccc(F)cc3)n2)c1. The van der Waals surface area contributed by atoms with Gasteiger partial charge in [0, 0.05) is 23.6 Å². The van der Waals surface area contributed by atoms with Gasteiger partial charge in [0.1, 0.15) is 17.3 Å². The predicted molar refractivity (Wildman–Crippen MR) is 127 cm³/mol. The van der Waals surface area contributed by atoms with Gasteiger partial charge in [0.2, 0.25) is 11.7 Å². The van der Waals surface area contributed by atoms with Crippen molar-refractivity contribution < 1.29 is 18.4 Å². The lowest BCUT2D eigenvalue weighted by Gasteiger charge is -2.09. The minimum absolute atomic E-state index is 0.326. The molecule has 0 atom stereocenters. The summed E-state index contributed by atoms with van der Waals surface area (Å²) in [4.78, 5) is 8.57. The van der Waals surface area contributed by atoms with Crippen molar-refractivity contribution in [1.29, 1.82) is 0 Å². The molecule has 0 amide bonds. The Labute approximate surface area is 204 Å². The van der Waals surface area contributed by atoms with Crippen LogP contribution < -0.4 is 9.47 Å². The van der Waals surface area contributed by atoms with E-state index in [2.05, 4.69) is 25.3 Å². The van der Waals surface area contributed by atoms with Crippen LogP contribution in [0, 0.1) is 5.82 Å². The van der Waals surface area contributed by atoms with Gasteiger partial charge in [-0.25, -0.2) is 4.39 Å². The number of aromatic nitrogens is 6. The molecule has 0 aliphatic carbocycles. The van der Waals surface area contributed by atoms with Gasteiger partial charge in [0.15, 0.2) is 11.0 Å². The van der Waals surface area contributed by atoms with E-state index in [-0.39, 0.29) is 5.82 Å². The Bertz CT molecular complexity index is 1440. The average molecular weight is 491 g/mol. The lowest BCUT2D eigenvalue weighted by Crippen LogP contribution is -2.00. The molecule has 0 fully saturated rings. The van der Waals surface area contributed by atoms with Crippen LogP contribution in [0.15, 0.2) is 76.7 Å². The number of halogens is 1. The molecular weight excluding hydrogens is 471 g/mol. The van der Waals surface area contributed by atoms with Gasteiger partial charge in [-0.15, -0.1) is 10.2 Å². The third-order valence-corrected chi connectivity index (χ3v) is 6.01. The highest BCUT2D eigenvalue weighted by atomic mass is 32.2. The molecule has 0 spiro atoms. The summed E-state index contributed by atoms with van der Waals surface area (Å²) in [6, 6.07) is 15.2. The lowest BCUT2D eigenvalue weighted by atomic mass is 10.2. The Morgan fingerprint density at radius 1 is 0.971 bits per heavy atom. The van der Waals surface area contributed by atoms with E-state index in [9.17, 15) is 4.39 Å². The molecule has 35 heavy (non-hydrogen) atoms. The quantitative estimate of drug-likeness (QED) is 0.283. The summed E-state index contributed by atoms with van der Waals surface area (Å²) in [6.07, 6.45) is 3.36. The number of nitrogens with zero attached hydrogens (tertiary/aromatic N) is 6. The van der Waals surface area contributed by atoms with Gasteiger partial charge in [-0.1, -0.05) is 16.9 Å². The Morgan fingerprint density at radius 2 is 1.77 bits per heavy atom. The number of pyridine rings is 1. The normalized spacial score (nSPS) is 10.9. The van der Waals surface area contributed by atoms with Crippen LogP contribution in [0.4, 0.5) is 4.39 Å². The van der Waals surface area contributed by atoms with E-state index >= 15 is 0 Å². The smallest absolute Gasteiger partial charge is 0.237 e. The van der Waals surface area contributed by atoms with E-state index in [0.717, 1.165) is 11.3 Å². The number of thioether (sulfide) groups is 1. The van der Waals surface area contributed by atoms with E-state index in [1.807, 2.05) is 16.7 Å². The van der Waals surface area contributed by atoms with Crippen LogP contribution in [-0.4, -0.2) is 44.1 Å². The topological polar surface area (TPSA) is 101 Å². The third-order valence-electron chi connectivity index (χ3n) is 5.10. The van der Waals surface area contributed by atoms with E-state index in [1.54, 1.807) is 56.9 Å². The van der Waals surface area contributed by atoms with Crippen LogP contribution in [0.3, 0.4) is 0 Å². The Kier molecular flexibility index (Phi) is 6.40. The summed E-state index contributed by atoms with van der Waals surface area (Å²) in [7, 11) is 3.16. The van der Waals surface area contributed by atoms with Crippen LogP contribution in [0.2, 0.25) is 0 Å². The first-order chi connectivity index (χ1) is 17.2. The van der Waals surface area contributed by atoms with E-state index < -0.39 is 0 Å². The fourth-order valence-corrected chi connectivity index (χ4v) is 4.20. The second-order valence-corrected chi connectivity index (χ2v) is 8.16. The van der Waals surface area contributed by atoms with Gasteiger partial charge in [-0.05, 0) is 54.6 Å². The highest BCUT2D eigenvalue weighted by Crippen LogP contribution is 2.33. The van der Waals surface area contributed by atoms with Crippen molar-refractivity contribution in [2.45, 2.75) is 10.9 Å². The third kappa shape index (κ3) is 4.71. The van der Waals surface area contributed by atoms with Crippen molar-refractivity contribution in [3.63, 3.8) is 0 Å². The zero-order valence-corrected chi connectivity index (χ0v) is 19.6. The largest absolute Gasteiger partial charge is 0.497 e. The fraction of sp³-hybridized carbons (Fsp3) is 0.125. The van der Waals surface area contributed by atoms with Crippen LogP contribution in [0.1, 0.15) is 5.89 Å². The number of methoxy groups -OCH3 is 2. The first kappa shape index (κ1) is 22.5. The van der Waals surface area contributed by atoms with Gasteiger partial charge in [-0.2, -0.15) is 4.98 Å². The maximum absolute atomic E-state index is 13.6. The molecule has 0 aliphatic heterocycles. The van der Waals surface area contributed by atoms with E-state index in [0.29, 0.717) is 45.5 Å². The molecule has 3 heterocycles. The first-order valence-electron chi connectivity index (χ1n) is 10.5. The highest BCUT2D eigenvalue weighted by Gasteiger charge is 2.19. The van der Waals surface area contributed by atoms with E-state index in [4.69, 9.17) is 14.0 Å². The number of hydrogen-bond donors (Lipinski definition) is 0. The van der Waals surface area contributed by atoms with Crippen LogP contribution in [0.25, 0.3) is 28.5 Å². The molecule has 11 heteroatoms. The number of rotatable bonds is 8. The molecule has 0 aliphatic rings. The minimum atomic E-state index is -0.326. The zero-order valence-electron chi connectivity index (χ0n) is 18.8. The summed E-state index contributed by atoms with van der Waals surface area (Å²) >= 11 is 1.37. The Morgan fingerprint density at radius 3 is 2.51 bits per heavy atom. The van der Waals surface area contributed by atoms with Gasteiger partial charge in [0.25, 0.3) is 0 Å². The summed E-state index contributed by atoms with van der Waals surface area (Å²) in [5, 5.41) is 13.4. The molecule has 0 saturated heterocycles. The summed E-state index contributed by atoms with van der Waals surface area (Å²) in [6.45, 7) is 0. The molecular formula is C24H19FN6O3S. The van der Waals surface area contributed by atoms with Gasteiger partial charge < -0.3 is 14.0 Å². The Hall–Kier alpha value is -4.25. The monoisotopic (exact) mass is 490 g/mol. The number of ether oxygens (including phenoxy) is 2. The van der Waals surface area contributed by atoms with Crippen molar-refractivity contribution in [2.24, 2.45) is 0 Å². The second-order valence-electron chi connectivity index (χ2n) is 7.22. The molecule has 3 aromatic heterocycles. The molecule has 0 N–H and O–H groups in total. The maximum Gasteiger partial charge on any atom is 0.237 e. The first-order valence-corrected chi connectivity index (χ1v) is 11.4. The maximum atomic E-state index is 13.6. The standard InChI is InChI=1S/C24H19FN6O3S/c1-32-18-7-8-20(33-2)19(13-18)22-27-21(34-30-22)14-35-24-29-28-23(15-9-11-26-12-10-15)31(24)17-5-3-16(25)4-6-17/h3-13H,14H2,1-2H3.